The molecule has 1 aromatic heterocycles. The minimum Gasteiger partial charge on any atom is -0.382 e. The number of nitrogen functional groups attached to an aromatic ring is 1. The van der Waals surface area contributed by atoms with E-state index in [2.05, 4.69) is 10.3 Å². The summed E-state index contributed by atoms with van der Waals surface area (Å²) in [6.45, 7) is 1.55. The summed E-state index contributed by atoms with van der Waals surface area (Å²) in [6.07, 6.45) is 3.26. The van der Waals surface area contributed by atoms with Crippen molar-refractivity contribution < 1.29 is 4.79 Å². The van der Waals surface area contributed by atoms with Gasteiger partial charge in [0.2, 0.25) is 0 Å². The van der Waals surface area contributed by atoms with E-state index in [1.165, 1.54) is 11.1 Å². The smallest absolute Gasteiger partial charge is 0.278 e. The van der Waals surface area contributed by atoms with Crippen LogP contribution in [0.5, 0.6) is 0 Å². The van der Waals surface area contributed by atoms with E-state index in [1.54, 1.807) is 4.90 Å². The number of piperidine rings is 1. The lowest BCUT2D eigenvalue weighted by atomic mass is 10.1. The Kier molecular flexibility index (Phi) is 3.37. The second-order valence-corrected chi connectivity index (χ2v) is 4.92. The average molecular weight is 271 g/mol. The van der Waals surface area contributed by atoms with E-state index < -0.39 is 0 Å². The Hall–Kier alpha value is -2.37. The number of nitrogens with two attached hydrogens (primary N) is 1. The van der Waals surface area contributed by atoms with Crippen molar-refractivity contribution in [3.8, 4) is 5.69 Å². The van der Waals surface area contributed by atoms with Gasteiger partial charge in [-0.05, 0) is 31.4 Å². The summed E-state index contributed by atoms with van der Waals surface area (Å²) in [4.78, 5) is 14.2. The number of amides is 1. The molecule has 0 bridgehead atoms. The van der Waals surface area contributed by atoms with Gasteiger partial charge < -0.3 is 10.6 Å². The molecular weight excluding hydrogens is 254 g/mol. The first-order valence-electron chi connectivity index (χ1n) is 6.83. The van der Waals surface area contributed by atoms with Crippen molar-refractivity contribution in [2.75, 3.05) is 18.8 Å². The Balaban J connectivity index is 1.88. The summed E-state index contributed by atoms with van der Waals surface area (Å²) < 4.78 is 1.50. The Labute approximate surface area is 117 Å². The summed E-state index contributed by atoms with van der Waals surface area (Å²) in [5, 5.41) is 7.96. The number of nitrogens with zero attached hydrogens (tertiary/aromatic N) is 4. The number of para-hydroxylation sites is 1. The molecule has 1 saturated heterocycles. The Morgan fingerprint density at radius 2 is 1.80 bits per heavy atom. The molecule has 0 atom stereocenters. The van der Waals surface area contributed by atoms with Gasteiger partial charge in [0, 0.05) is 13.1 Å². The first-order chi connectivity index (χ1) is 9.77. The fourth-order valence-corrected chi connectivity index (χ4v) is 2.45. The molecule has 2 heterocycles. The molecule has 6 heteroatoms. The van der Waals surface area contributed by atoms with Gasteiger partial charge in [0.25, 0.3) is 5.91 Å². The van der Waals surface area contributed by atoms with Crippen molar-refractivity contribution in [1.82, 2.24) is 19.9 Å². The van der Waals surface area contributed by atoms with Gasteiger partial charge in [0.15, 0.2) is 11.5 Å². The third-order valence-corrected chi connectivity index (χ3v) is 3.55. The molecule has 0 aliphatic carbocycles. The molecule has 104 valence electrons. The van der Waals surface area contributed by atoms with Gasteiger partial charge in [0.1, 0.15) is 0 Å². The SMILES string of the molecule is Nc1c(C(=O)N2CCCCC2)nnn1-c1ccccc1. The number of hydrogen-bond donors (Lipinski definition) is 1. The van der Waals surface area contributed by atoms with E-state index in [1.807, 2.05) is 30.3 Å². The fourth-order valence-electron chi connectivity index (χ4n) is 2.45. The van der Waals surface area contributed by atoms with Gasteiger partial charge in [-0.2, -0.15) is 4.68 Å². The lowest BCUT2D eigenvalue weighted by Crippen LogP contribution is -2.36. The number of benzene rings is 1. The summed E-state index contributed by atoms with van der Waals surface area (Å²) in [5.41, 5.74) is 7.08. The standard InChI is InChI=1S/C14H17N5O/c15-13-12(14(20)18-9-5-2-6-10-18)16-17-19(13)11-7-3-1-4-8-11/h1,3-4,7-8H,2,5-6,9-10,15H2. The molecule has 1 aromatic carbocycles. The van der Waals surface area contributed by atoms with Crippen LogP contribution in [-0.4, -0.2) is 38.9 Å². The maximum Gasteiger partial charge on any atom is 0.278 e. The normalized spacial score (nSPS) is 15.3. The molecule has 1 aliphatic rings. The molecule has 0 unspecified atom stereocenters. The van der Waals surface area contributed by atoms with Crippen molar-refractivity contribution in [3.63, 3.8) is 0 Å². The summed E-state index contributed by atoms with van der Waals surface area (Å²) in [7, 11) is 0. The highest BCUT2D eigenvalue weighted by molar-refractivity contribution is 5.96. The van der Waals surface area contributed by atoms with Crippen LogP contribution in [-0.2, 0) is 0 Å². The maximum atomic E-state index is 12.4. The Bertz CT molecular complexity index is 601. The van der Waals surface area contributed by atoms with Crippen LogP contribution in [0.1, 0.15) is 29.8 Å². The number of likely N-dealkylation sites (tertiary alicyclic amines) is 1. The number of aromatic nitrogens is 3. The molecule has 1 amide bonds. The zero-order chi connectivity index (χ0) is 13.9. The van der Waals surface area contributed by atoms with E-state index in [4.69, 9.17) is 5.73 Å². The Morgan fingerprint density at radius 1 is 1.10 bits per heavy atom. The van der Waals surface area contributed by atoms with Crippen LogP contribution in [0.2, 0.25) is 0 Å². The van der Waals surface area contributed by atoms with Crippen LogP contribution in [0, 0.1) is 0 Å². The van der Waals surface area contributed by atoms with Crippen molar-refractivity contribution in [2.24, 2.45) is 0 Å². The monoisotopic (exact) mass is 271 g/mol. The van der Waals surface area contributed by atoms with E-state index in [0.29, 0.717) is 5.82 Å². The molecule has 0 radical (unpaired) electrons. The molecule has 1 aliphatic heterocycles. The van der Waals surface area contributed by atoms with Crippen molar-refractivity contribution >= 4 is 11.7 Å². The largest absolute Gasteiger partial charge is 0.382 e. The van der Waals surface area contributed by atoms with Gasteiger partial charge in [-0.1, -0.05) is 23.4 Å². The van der Waals surface area contributed by atoms with Crippen molar-refractivity contribution in [1.29, 1.82) is 0 Å². The highest BCUT2D eigenvalue weighted by Gasteiger charge is 2.24. The molecule has 2 aromatic rings. The van der Waals surface area contributed by atoms with Crippen LogP contribution in [0.25, 0.3) is 5.69 Å². The number of carbonyl (C=O) groups is 1. The van der Waals surface area contributed by atoms with Crippen LogP contribution < -0.4 is 5.73 Å². The zero-order valence-corrected chi connectivity index (χ0v) is 11.2. The number of hydrogen-bond acceptors (Lipinski definition) is 4. The molecule has 2 N–H and O–H groups in total. The van der Waals surface area contributed by atoms with Gasteiger partial charge in [-0.15, -0.1) is 5.10 Å². The zero-order valence-electron chi connectivity index (χ0n) is 11.2. The minimum atomic E-state index is -0.121. The van der Waals surface area contributed by atoms with Gasteiger partial charge in [-0.3, -0.25) is 4.79 Å². The third-order valence-electron chi connectivity index (χ3n) is 3.55. The second-order valence-electron chi connectivity index (χ2n) is 4.92. The van der Waals surface area contributed by atoms with E-state index in [0.717, 1.165) is 31.6 Å². The van der Waals surface area contributed by atoms with Crippen LogP contribution in [0.15, 0.2) is 30.3 Å². The van der Waals surface area contributed by atoms with Gasteiger partial charge >= 0.3 is 0 Å². The average Bonchev–Trinajstić information content (AvgIpc) is 2.90. The summed E-state index contributed by atoms with van der Waals surface area (Å²) in [6, 6.07) is 9.45. The van der Waals surface area contributed by atoms with E-state index >= 15 is 0 Å². The molecule has 3 rings (SSSR count). The molecule has 20 heavy (non-hydrogen) atoms. The summed E-state index contributed by atoms with van der Waals surface area (Å²) in [5.74, 6) is 0.177. The number of rotatable bonds is 2. The van der Waals surface area contributed by atoms with Crippen LogP contribution in [0.4, 0.5) is 5.82 Å². The topological polar surface area (TPSA) is 77.0 Å². The van der Waals surface area contributed by atoms with E-state index in [9.17, 15) is 4.79 Å². The van der Waals surface area contributed by atoms with Gasteiger partial charge in [0.05, 0.1) is 5.69 Å². The second kappa shape index (κ2) is 5.32. The van der Waals surface area contributed by atoms with E-state index in [-0.39, 0.29) is 11.6 Å². The first kappa shape index (κ1) is 12.7. The molecule has 0 spiro atoms. The van der Waals surface area contributed by atoms with Crippen molar-refractivity contribution in [3.05, 3.63) is 36.0 Å². The third kappa shape index (κ3) is 2.24. The van der Waals surface area contributed by atoms with Crippen molar-refractivity contribution in [2.45, 2.75) is 19.3 Å². The predicted octanol–water partition coefficient (Wildman–Crippen LogP) is 1.48. The van der Waals surface area contributed by atoms with Crippen LogP contribution >= 0.6 is 0 Å². The molecule has 0 saturated carbocycles. The maximum absolute atomic E-state index is 12.4. The molecular formula is C14H17N5O. The molecule has 1 fully saturated rings. The minimum absolute atomic E-state index is 0.121. The highest BCUT2D eigenvalue weighted by Crippen LogP contribution is 2.18. The van der Waals surface area contributed by atoms with Crippen LogP contribution in [0.3, 0.4) is 0 Å². The number of anilines is 1. The summed E-state index contributed by atoms with van der Waals surface area (Å²) >= 11 is 0. The fraction of sp³-hybridized carbons (Fsp3) is 0.357. The lowest BCUT2D eigenvalue weighted by molar-refractivity contribution is 0.0719. The lowest BCUT2D eigenvalue weighted by Gasteiger charge is -2.25. The predicted molar refractivity (Wildman–Crippen MR) is 75.5 cm³/mol. The molecule has 6 nitrogen and oxygen atoms in total. The Morgan fingerprint density at radius 3 is 2.50 bits per heavy atom. The number of carbonyl (C=O) groups excluding carboxylic acids is 1. The quantitative estimate of drug-likeness (QED) is 0.897. The highest BCUT2D eigenvalue weighted by atomic mass is 16.2. The first-order valence-corrected chi connectivity index (χ1v) is 6.83. The van der Waals surface area contributed by atoms with Gasteiger partial charge in [-0.25, -0.2) is 0 Å².